The summed E-state index contributed by atoms with van der Waals surface area (Å²) in [5.74, 6) is -0.180. The van der Waals surface area contributed by atoms with Crippen LogP contribution in [0.15, 0.2) is 41.9 Å². The largest absolute Gasteiger partial charge is 0.364 e. The van der Waals surface area contributed by atoms with Crippen molar-refractivity contribution in [3.05, 3.63) is 47.5 Å². The van der Waals surface area contributed by atoms with Crippen LogP contribution in [0.1, 0.15) is 12.5 Å². The standard InChI is InChI=1S/C13H14N2O2S/c1-10(12(16)15-13-14-7-8-18-13)17-9-11-5-3-2-4-6-11/h2-8,10H,9H2,1H3,(H,14,15,16). The van der Waals surface area contributed by atoms with Gasteiger partial charge in [0.05, 0.1) is 6.61 Å². The molecule has 1 atom stereocenters. The Morgan fingerprint density at radius 3 is 2.89 bits per heavy atom. The number of benzene rings is 1. The first-order valence-electron chi connectivity index (χ1n) is 5.61. The molecule has 0 radical (unpaired) electrons. The van der Waals surface area contributed by atoms with E-state index in [1.807, 2.05) is 35.7 Å². The third kappa shape index (κ3) is 3.65. The number of anilines is 1. The number of hydrogen-bond donors (Lipinski definition) is 1. The number of ether oxygens (including phenoxy) is 1. The fraction of sp³-hybridized carbons (Fsp3) is 0.231. The highest BCUT2D eigenvalue weighted by atomic mass is 32.1. The van der Waals surface area contributed by atoms with E-state index in [1.54, 1.807) is 13.1 Å². The average Bonchev–Trinajstić information content (AvgIpc) is 2.90. The molecule has 0 bridgehead atoms. The summed E-state index contributed by atoms with van der Waals surface area (Å²) < 4.78 is 5.50. The van der Waals surface area contributed by atoms with Crippen LogP contribution in [0.5, 0.6) is 0 Å². The number of amides is 1. The number of thiazole rings is 1. The Hall–Kier alpha value is -1.72. The summed E-state index contributed by atoms with van der Waals surface area (Å²) in [6, 6.07) is 9.76. The highest BCUT2D eigenvalue weighted by Crippen LogP contribution is 2.11. The second-order valence-corrected chi connectivity index (χ2v) is 4.66. The molecule has 0 fully saturated rings. The van der Waals surface area contributed by atoms with Crippen LogP contribution >= 0.6 is 11.3 Å². The van der Waals surface area contributed by atoms with Crippen LogP contribution in [0.3, 0.4) is 0 Å². The van der Waals surface area contributed by atoms with E-state index >= 15 is 0 Å². The van der Waals surface area contributed by atoms with Crippen LogP contribution < -0.4 is 5.32 Å². The van der Waals surface area contributed by atoms with Crippen molar-refractivity contribution in [2.24, 2.45) is 0 Å². The van der Waals surface area contributed by atoms with Crippen LogP contribution in [0.25, 0.3) is 0 Å². The van der Waals surface area contributed by atoms with E-state index in [2.05, 4.69) is 10.3 Å². The summed E-state index contributed by atoms with van der Waals surface area (Å²) in [5.41, 5.74) is 1.05. The maximum Gasteiger partial charge on any atom is 0.255 e. The van der Waals surface area contributed by atoms with Gasteiger partial charge in [-0.2, -0.15) is 0 Å². The van der Waals surface area contributed by atoms with Crippen molar-refractivity contribution in [1.82, 2.24) is 4.98 Å². The molecule has 0 saturated heterocycles. The molecule has 0 saturated carbocycles. The maximum absolute atomic E-state index is 11.8. The fourth-order valence-corrected chi connectivity index (χ4v) is 1.90. The van der Waals surface area contributed by atoms with Crippen molar-refractivity contribution in [1.29, 1.82) is 0 Å². The molecular weight excluding hydrogens is 248 g/mol. The van der Waals surface area contributed by atoms with Gasteiger partial charge >= 0.3 is 0 Å². The van der Waals surface area contributed by atoms with Crippen molar-refractivity contribution in [3.63, 3.8) is 0 Å². The zero-order chi connectivity index (χ0) is 12.8. The molecule has 1 amide bonds. The van der Waals surface area contributed by atoms with E-state index in [1.165, 1.54) is 11.3 Å². The zero-order valence-corrected chi connectivity index (χ0v) is 10.8. The maximum atomic E-state index is 11.8. The minimum atomic E-state index is -0.505. The number of carbonyl (C=O) groups is 1. The summed E-state index contributed by atoms with van der Waals surface area (Å²) in [5, 5.41) is 5.10. The molecule has 0 aliphatic rings. The molecule has 0 spiro atoms. The topological polar surface area (TPSA) is 51.2 Å². The van der Waals surface area contributed by atoms with Crippen molar-refractivity contribution in [2.45, 2.75) is 19.6 Å². The first-order valence-corrected chi connectivity index (χ1v) is 6.49. The lowest BCUT2D eigenvalue weighted by molar-refractivity contribution is -0.127. The molecule has 18 heavy (non-hydrogen) atoms. The van der Waals surface area contributed by atoms with Gasteiger partial charge in [0.15, 0.2) is 5.13 Å². The fourth-order valence-electron chi connectivity index (χ4n) is 1.36. The molecule has 1 aromatic heterocycles. The van der Waals surface area contributed by atoms with Crippen LogP contribution in [0.2, 0.25) is 0 Å². The molecule has 1 unspecified atom stereocenters. The predicted molar refractivity (Wildman–Crippen MR) is 71.4 cm³/mol. The Balaban J connectivity index is 1.81. The normalized spacial score (nSPS) is 12.1. The van der Waals surface area contributed by atoms with E-state index in [-0.39, 0.29) is 5.91 Å². The van der Waals surface area contributed by atoms with Crippen LogP contribution in [-0.4, -0.2) is 17.0 Å². The van der Waals surface area contributed by atoms with E-state index in [4.69, 9.17) is 4.74 Å². The minimum Gasteiger partial charge on any atom is -0.364 e. The minimum absolute atomic E-state index is 0.180. The van der Waals surface area contributed by atoms with Crippen molar-refractivity contribution in [3.8, 4) is 0 Å². The van der Waals surface area contributed by atoms with E-state index in [0.29, 0.717) is 11.7 Å². The number of nitrogens with one attached hydrogen (secondary N) is 1. The van der Waals surface area contributed by atoms with Crippen LogP contribution in [0.4, 0.5) is 5.13 Å². The lowest BCUT2D eigenvalue weighted by atomic mass is 10.2. The van der Waals surface area contributed by atoms with Gasteiger partial charge in [0.2, 0.25) is 0 Å². The molecule has 0 aliphatic carbocycles. The smallest absolute Gasteiger partial charge is 0.255 e. The molecule has 2 rings (SSSR count). The molecule has 5 heteroatoms. The monoisotopic (exact) mass is 262 g/mol. The summed E-state index contributed by atoms with van der Waals surface area (Å²) >= 11 is 1.38. The Morgan fingerprint density at radius 1 is 1.44 bits per heavy atom. The van der Waals surface area contributed by atoms with Crippen LogP contribution in [-0.2, 0) is 16.1 Å². The van der Waals surface area contributed by atoms with Crippen molar-refractivity contribution in [2.75, 3.05) is 5.32 Å². The highest BCUT2D eigenvalue weighted by Gasteiger charge is 2.14. The van der Waals surface area contributed by atoms with Gasteiger partial charge in [0.1, 0.15) is 6.10 Å². The van der Waals surface area contributed by atoms with E-state index in [9.17, 15) is 4.79 Å². The van der Waals surface area contributed by atoms with Gasteiger partial charge in [-0.05, 0) is 12.5 Å². The second kappa shape index (κ2) is 6.28. The van der Waals surface area contributed by atoms with Gasteiger partial charge in [-0.3, -0.25) is 10.1 Å². The number of aromatic nitrogens is 1. The molecule has 1 heterocycles. The predicted octanol–water partition coefficient (Wildman–Crippen LogP) is 2.69. The molecule has 1 aromatic carbocycles. The zero-order valence-electron chi connectivity index (χ0n) is 10.00. The van der Waals surface area contributed by atoms with Crippen molar-refractivity contribution >= 4 is 22.4 Å². The number of rotatable bonds is 5. The lowest BCUT2D eigenvalue weighted by Gasteiger charge is -2.12. The number of carbonyl (C=O) groups excluding carboxylic acids is 1. The number of nitrogens with zero attached hydrogens (tertiary/aromatic N) is 1. The van der Waals surface area contributed by atoms with Gasteiger partial charge in [0.25, 0.3) is 5.91 Å². The molecule has 0 aliphatic heterocycles. The molecule has 2 aromatic rings. The third-order valence-corrected chi connectivity index (χ3v) is 3.06. The Labute approximate surface area is 110 Å². The summed E-state index contributed by atoms with van der Waals surface area (Å²) in [7, 11) is 0. The Kier molecular flexibility index (Phi) is 4.44. The summed E-state index contributed by atoms with van der Waals surface area (Å²) in [6.45, 7) is 2.15. The van der Waals surface area contributed by atoms with Gasteiger partial charge in [-0.1, -0.05) is 30.3 Å². The van der Waals surface area contributed by atoms with Crippen molar-refractivity contribution < 1.29 is 9.53 Å². The van der Waals surface area contributed by atoms with Gasteiger partial charge in [0, 0.05) is 11.6 Å². The van der Waals surface area contributed by atoms with E-state index in [0.717, 1.165) is 5.56 Å². The Bertz CT molecular complexity index is 485. The lowest BCUT2D eigenvalue weighted by Crippen LogP contribution is -2.27. The number of hydrogen-bond acceptors (Lipinski definition) is 4. The summed E-state index contributed by atoms with van der Waals surface area (Å²) in [4.78, 5) is 15.8. The SMILES string of the molecule is CC(OCc1ccccc1)C(=O)Nc1nccs1. The molecule has 4 nitrogen and oxygen atoms in total. The average molecular weight is 262 g/mol. The second-order valence-electron chi connectivity index (χ2n) is 3.77. The molecule has 94 valence electrons. The van der Waals surface area contributed by atoms with Crippen LogP contribution in [0, 0.1) is 0 Å². The first-order chi connectivity index (χ1) is 8.75. The van der Waals surface area contributed by atoms with Gasteiger partial charge in [-0.25, -0.2) is 4.98 Å². The quantitative estimate of drug-likeness (QED) is 0.901. The van der Waals surface area contributed by atoms with Gasteiger partial charge in [-0.15, -0.1) is 11.3 Å². The van der Waals surface area contributed by atoms with E-state index < -0.39 is 6.10 Å². The molecular formula is C13H14N2O2S. The molecule has 1 N–H and O–H groups in total. The third-order valence-electron chi connectivity index (χ3n) is 2.37. The highest BCUT2D eigenvalue weighted by molar-refractivity contribution is 7.13. The summed E-state index contributed by atoms with van der Waals surface area (Å²) in [6.07, 6.45) is 1.14. The van der Waals surface area contributed by atoms with Gasteiger partial charge < -0.3 is 4.74 Å². The Morgan fingerprint density at radius 2 is 2.22 bits per heavy atom. The first kappa shape index (κ1) is 12.7.